The van der Waals surface area contributed by atoms with Crippen molar-refractivity contribution in [2.75, 3.05) is 0 Å². The summed E-state index contributed by atoms with van der Waals surface area (Å²) in [6, 6.07) is 5.01. The largest absolute Gasteiger partial charge is 0.573 e. The van der Waals surface area contributed by atoms with Crippen molar-refractivity contribution in [3.63, 3.8) is 0 Å². The fourth-order valence-corrected chi connectivity index (χ4v) is 4.42. The Labute approximate surface area is 184 Å². The molecule has 1 unspecified atom stereocenters. The molecule has 0 saturated heterocycles. The summed E-state index contributed by atoms with van der Waals surface area (Å²) < 4.78 is 84.0. The third kappa shape index (κ3) is 6.66. The minimum atomic E-state index is -4.95. The number of hydrogen-bond donors (Lipinski definition) is 0. The Morgan fingerprint density at radius 3 is 2.25 bits per heavy atom. The van der Waals surface area contributed by atoms with Gasteiger partial charge in [0.1, 0.15) is 11.6 Å². The van der Waals surface area contributed by atoms with Crippen molar-refractivity contribution in [3.8, 4) is 5.75 Å². The molecule has 0 fully saturated rings. The Morgan fingerprint density at radius 1 is 0.875 bits per heavy atom. The lowest BCUT2D eigenvalue weighted by molar-refractivity contribution is -0.275. The van der Waals surface area contributed by atoms with E-state index in [-0.39, 0.29) is 17.9 Å². The lowest BCUT2D eigenvalue weighted by Gasteiger charge is -2.25. The van der Waals surface area contributed by atoms with Crippen LogP contribution < -0.4 is 4.74 Å². The van der Waals surface area contributed by atoms with Crippen LogP contribution in [0.1, 0.15) is 67.7 Å². The van der Waals surface area contributed by atoms with Gasteiger partial charge in [0, 0.05) is 5.56 Å². The van der Waals surface area contributed by atoms with Crippen molar-refractivity contribution < 1.29 is 31.1 Å². The number of hydrogen-bond acceptors (Lipinski definition) is 1. The first-order chi connectivity index (χ1) is 15.2. The van der Waals surface area contributed by atoms with E-state index in [1.807, 2.05) is 0 Å². The topological polar surface area (TPSA) is 9.23 Å². The molecule has 2 aromatic rings. The first-order valence-corrected chi connectivity index (χ1v) is 11.2. The van der Waals surface area contributed by atoms with Crippen molar-refractivity contribution in [3.05, 3.63) is 64.0 Å². The van der Waals surface area contributed by atoms with Gasteiger partial charge in [0.25, 0.3) is 0 Å². The molecule has 3 rings (SSSR count). The molecule has 32 heavy (non-hydrogen) atoms. The third-order valence-corrected chi connectivity index (χ3v) is 6.13. The summed E-state index contributed by atoms with van der Waals surface area (Å²) in [6.45, 7) is 2.11. The standard InChI is InChI=1S/C25H28F6O/c1-2-3-4-5-6-17-12-21(26)20(22(27)13-17)10-8-16-7-9-18-15-24(32-25(29,30)31)23(28)14-19(18)11-16/h12-16H,2-11H2,1H3. The Bertz CT molecular complexity index is 898. The molecule has 1 aliphatic carbocycles. The average molecular weight is 458 g/mol. The highest BCUT2D eigenvalue weighted by Crippen LogP contribution is 2.35. The molecule has 0 aromatic heterocycles. The Hall–Kier alpha value is -2.18. The lowest BCUT2D eigenvalue weighted by atomic mass is 9.81. The predicted octanol–water partition coefficient (Wildman–Crippen LogP) is 7.86. The van der Waals surface area contributed by atoms with E-state index in [1.54, 1.807) is 0 Å². The molecule has 0 aliphatic heterocycles. The van der Waals surface area contributed by atoms with Gasteiger partial charge in [-0.15, -0.1) is 13.2 Å². The molecule has 1 nitrogen and oxygen atoms in total. The molecule has 0 heterocycles. The van der Waals surface area contributed by atoms with Gasteiger partial charge >= 0.3 is 6.36 Å². The van der Waals surface area contributed by atoms with Crippen LogP contribution in [-0.4, -0.2) is 6.36 Å². The molecule has 0 N–H and O–H groups in total. The summed E-state index contributed by atoms with van der Waals surface area (Å²) in [5, 5.41) is 0. The van der Waals surface area contributed by atoms with Gasteiger partial charge in [0.05, 0.1) is 0 Å². The monoisotopic (exact) mass is 458 g/mol. The number of unbranched alkanes of at least 4 members (excludes halogenated alkanes) is 3. The van der Waals surface area contributed by atoms with Crippen LogP contribution in [0, 0.1) is 23.4 Å². The molecule has 0 spiro atoms. The lowest BCUT2D eigenvalue weighted by Crippen LogP contribution is -2.20. The van der Waals surface area contributed by atoms with Gasteiger partial charge in [-0.25, -0.2) is 13.2 Å². The highest BCUT2D eigenvalue weighted by atomic mass is 19.4. The summed E-state index contributed by atoms with van der Waals surface area (Å²) in [5.74, 6) is -2.89. The van der Waals surface area contributed by atoms with E-state index in [9.17, 15) is 26.3 Å². The second-order valence-corrected chi connectivity index (χ2v) is 8.60. The molecule has 0 saturated carbocycles. The van der Waals surface area contributed by atoms with Crippen LogP contribution >= 0.6 is 0 Å². The molecule has 0 amide bonds. The Morgan fingerprint density at radius 2 is 1.59 bits per heavy atom. The van der Waals surface area contributed by atoms with Gasteiger partial charge in [-0.3, -0.25) is 0 Å². The number of alkyl halides is 3. The second kappa shape index (κ2) is 10.6. The smallest absolute Gasteiger partial charge is 0.403 e. The van der Waals surface area contributed by atoms with Crippen molar-refractivity contribution in [1.29, 1.82) is 0 Å². The molecular weight excluding hydrogens is 430 g/mol. The fraction of sp³-hybridized carbons (Fsp3) is 0.520. The van der Waals surface area contributed by atoms with E-state index in [4.69, 9.17) is 0 Å². The Kier molecular flexibility index (Phi) is 8.12. The molecular formula is C25H28F6O. The maximum Gasteiger partial charge on any atom is 0.573 e. The van der Waals surface area contributed by atoms with Gasteiger partial charge < -0.3 is 4.74 Å². The minimum Gasteiger partial charge on any atom is -0.403 e. The van der Waals surface area contributed by atoms with E-state index >= 15 is 0 Å². The van der Waals surface area contributed by atoms with E-state index in [2.05, 4.69) is 11.7 Å². The SMILES string of the molecule is CCCCCCc1cc(F)c(CCC2CCc3cc(OC(F)(F)F)c(F)cc3C2)c(F)c1. The number of rotatable bonds is 9. The Balaban J connectivity index is 1.60. The minimum absolute atomic E-state index is 0.0632. The number of ether oxygens (including phenoxy) is 1. The van der Waals surface area contributed by atoms with Crippen LogP contribution in [0.4, 0.5) is 26.3 Å². The average Bonchev–Trinajstić information content (AvgIpc) is 2.70. The maximum atomic E-state index is 14.5. The van der Waals surface area contributed by atoms with Gasteiger partial charge in [-0.2, -0.15) is 0 Å². The van der Waals surface area contributed by atoms with Crippen LogP contribution in [-0.2, 0) is 25.7 Å². The molecule has 7 heteroatoms. The molecule has 2 aromatic carbocycles. The summed E-state index contributed by atoms with van der Waals surface area (Å²) in [5.41, 5.74) is 1.97. The molecule has 1 atom stereocenters. The fourth-order valence-electron chi connectivity index (χ4n) is 4.42. The third-order valence-electron chi connectivity index (χ3n) is 6.13. The van der Waals surface area contributed by atoms with Gasteiger partial charge in [-0.05, 0) is 91.8 Å². The highest BCUT2D eigenvalue weighted by molar-refractivity contribution is 5.39. The first-order valence-electron chi connectivity index (χ1n) is 11.2. The van der Waals surface area contributed by atoms with Gasteiger partial charge in [0.2, 0.25) is 0 Å². The van der Waals surface area contributed by atoms with Crippen LogP contribution in [0.2, 0.25) is 0 Å². The van der Waals surface area contributed by atoms with Crippen LogP contribution in [0.25, 0.3) is 0 Å². The van der Waals surface area contributed by atoms with E-state index in [0.29, 0.717) is 48.8 Å². The summed E-state index contributed by atoms with van der Waals surface area (Å²) in [6.07, 6.45) is 2.17. The first kappa shape index (κ1) is 24.5. The van der Waals surface area contributed by atoms with E-state index in [0.717, 1.165) is 37.8 Å². The van der Waals surface area contributed by atoms with Crippen molar-refractivity contribution in [1.82, 2.24) is 0 Å². The normalized spacial score (nSPS) is 16.2. The van der Waals surface area contributed by atoms with Crippen LogP contribution in [0.3, 0.4) is 0 Å². The van der Waals surface area contributed by atoms with Crippen molar-refractivity contribution in [2.24, 2.45) is 5.92 Å². The maximum absolute atomic E-state index is 14.5. The quantitative estimate of drug-likeness (QED) is 0.274. The molecule has 176 valence electrons. The zero-order chi connectivity index (χ0) is 23.3. The van der Waals surface area contributed by atoms with Crippen LogP contribution in [0.5, 0.6) is 5.75 Å². The van der Waals surface area contributed by atoms with Crippen molar-refractivity contribution in [2.45, 2.75) is 77.5 Å². The van der Waals surface area contributed by atoms with Crippen LogP contribution in [0.15, 0.2) is 24.3 Å². The second-order valence-electron chi connectivity index (χ2n) is 8.60. The zero-order valence-corrected chi connectivity index (χ0v) is 18.1. The zero-order valence-electron chi connectivity index (χ0n) is 18.1. The summed E-state index contributed by atoms with van der Waals surface area (Å²) in [4.78, 5) is 0. The highest BCUT2D eigenvalue weighted by Gasteiger charge is 2.33. The van der Waals surface area contributed by atoms with Gasteiger partial charge in [0.15, 0.2) is 11.6 Å². The summed E-state index contributed by atoms with van der Waals surface area (Å²) in [7, 11) is 0. The number of benzene rings is 2. The summed E-state index contributed by atoms with van der Waals surface area (Å²) >= 11 is 0. The molecule has 0 bridgehead atoms. The van der Waals surface area contributed by atoms with Crippen molar-refractivity contribution >= 4 is 0 Å². The van der Waals surface area contributed by atoms with E-state index in [1.165, 1.54) is 12.1 Å². The number of fused-ring (bicyclic) bond motifs is 1. The molecule has 1 aliphatic rings. The molecule has 0 radical (unpaired) electrons. The number of aryl methyl sites for hydroxylation is 2. The van der Waals surface area contributed by atoms with E-state index < -0.39 is 29.6 Å². The van der Waals surface area contributed by atoms with Gasteiger partial charge in [-0.1, -0.05) is 26.2 Å². The number of halogens is 6. The predicted molar refractivity (Wildman–Crippen MR) is 111 cm³/mol.